The monoisotopic (exact) mass is 320 g/mol. The Morgan fingerprint density at radius 2 is 1.77 bits per heavy atom. The fraction of sp³-hybridized carbons (Fsp3) is 0.412. The highest BCUT2D eigenvalue weighted by molar-refractivity contribution is 6.33. The second-order valence-corrected chi connectivity index (χ2v) is 6.25. The van der Waals surface area contributed by atoms with Gasteiger partial charge in [-0.15, -0.1) is 0 Å². The largest absolute Gasteiger partial charge is 0.360 e. The van der Waals surface area contributed by atoms with Crippen LogP contribution < -0.4 is 0 Å². The molecule has 2 rings (SSSR count). The lowest BCUT2D eigenvalue weighted by molar-refractivity contribution is 0.0642. The van der Waals surface area contributed by atoms with Gasteiger partial charge in [-0.05, 0) is 40.7 Å². The first-order valence-electron chi connectivity index (χ1n) is 7.38. The summed E-state index contributed by atoms with van der Waals surface area (Å²) in [5.74, 6) is 0.421. The minimum atomic E-state index is -0.0846. The van der Waals surface area contributed by atoms with E-state index >= 15 is 0 Å². The van der Waals surface area contributed by atoms with Crippen molar-refractivity contribution in [1.82, 2.24) is 10.1 Å². The number of benzene rings is 1. The Morgan fingerprint density at radius 3 is 2.32 bits per heavy atom. The molecule has 0 saturated carbocycles. The lowest BCUT2D eigenvalue weighted by Gasteiger charge is -2.30. The molecule has 0 spiro atoms. The highest BCUT2D eigenvalue weighted by Crippen LogP contribution is 2.32. The van der Waals surface area contributed by atoms with Gasteiger partial charge in [-0.3, -0.25) is 4.79 Å². The van der Waals surface area contributed by atoms with Gasteiger partial charge in [0.05, 0.1) is 5.02 Å². The van der Waals surface area contributed by atoms with Gasteiger partial charge in [-0.2, -0.15) is 0 Å². The molecule has 2 aromatic rings. The molecule has 0 saturated heterocycles. The van der Waals surface area contributed by atoms with Gasteiger partial charge in [0.2, 0.25) is 0 Å². The molecule has 5 heteroatoms. The van der Waals surface area contributed by atoms with Gasteiger partial charge < -0.3 is 9.42 Å². The van der Waals surface area contributed by atoms with Gasteiger partial charge in [0.15, 0.2) is 0 Å². The van der Waals surface area contributed by atoms with E-state index in [1.807, 2.05) is 50.8 Å². The molecule has 0 N–H and O–H groups in total. The highest BCUT2D eigenvalue weighted by atomic mass is 35.5. The van der Waals surface area contributed by atoms with Crippen LogP contribution in [0.15, 0.2) is 28.8 Å². The third-order valence-electron chi connectivity index (χ3n) is 3.55. The van der Waals surface area contributed by atoms with Crippen molar-refractivity contribution in [3.05, 3.63) is 40.6 Å². The zero-order valence-electron chi connectivity index (χ0n) is 13.6. The summed E-state index contributed by atoms with van der Waals surface area (Å²) in [6.07, 6.45) is 0. The maximum absolute atomic E-state index is 13.0. The molecule has 0 atom stereocenters. The zero-order valence-corrected chi connectivity index (χ0v) is 14.3. The second kappa shape index (κ2) is 6.53. The number of carbonyl (C=O) groups excluding carboxylic acids is 1. The molecular formula is C17H21ClN2O2. The van der Waals surface area contributed by atoms with E-state index < -0.39 is 0 Å². The summed E-state index contributed by atoms with van der Waals surface area (Å²) in [6.45, 7) is 9.73. The number of carbonyl (C=O) groups is 1. The van der Waals surface area contributed by atoms with Crippen LogP contribution in [0.1, 0.15) is 43.8 Å². The molecule has 0 unspecified atom stereocenters. The number of hydrogen-bond acceptors (Lipinski definition) is 3. The minimum Gasteiger partial charge on any atom is -0.360 e. The minimum absolute atomic E-state index is 0.0842. The molecule has 4 nitrogen and oxygen atoms in total. The van der Waals surface area contributed by atoms with Crippen LogP contribution in [-0.2, 0) is 0 Å². The summed E-state index contributed by atoms with van der Waals surface area (Å²) < 4.78 is 5.28. The molecule has 1 heterocycles. The molecule has 1 amide bonds. The van der Waals surface area contributed by atoms with Crippen molar-refractivity contribution >= 4 is 17.5 Å². The van der Waals surface area contributed by atoms with Crippen LogP contribution in [0.4, 0.5) is 0 Å². The smallest absolute Gasteiger partial charge is 0.260 e. The fourth-order valence-corrected chi connectivity index (χ4v) is 2.88. The first-order valence-corrected chi connectivity index (χ1v) is 7.76. The SMILES string of the molecule is Cc1onc(-c2ccccc2Cl)c1C(=O)N(C(C)C)C(C)C. The van der Waals surface area contributed by atoms with Gasteiger partial charge in [0, 0.05) is 17.6 Å². The molecule has 22 heavy (non-hydrogen) atoms. The molecule has 1 aromatic heterocycles. The summed E-state index contributed by atoms with van der Waals surface area (Å²) >= 11 is 6.24. The van der Waals surface area contributed by atoms with E-state index in [0.717, 1.165) is 0 Å². The first-order chi connectivity index (χ1) is 10.3. The molecular weight excluding hydrogens is 300 g/mol. The second-order valence-electron chi connectivity index (χ2n) is 5.84. The maximum Gasteiger partial charge on any atom is 0.260 e. The molecule has 0 aliphatic carbocycles. The number of aryl methyl sites for hydroxylation is 1. The van der Waals surface area contributed by atoms with Crippen molar-refractivity contribution in [1.29, 1.82) is 0 Å². The van der Waals surface area contributed by atoms with E-state index in [1.165, 1.54) is 0 Å². The van der Waals surface area contributed by atoms with Crippen LogP contribution in [0.25, 0.3) is 11.3 Å². The van der Waals surface area contributed by atoms with E-state index in [2.05, 4.69) is 5.16 Å². The van der Waals surface area contributed by atoms with E-state index in [-0.39, 0.29) is 18.0 Å². The van der Waals surface area contributed by atoms with Gasteiger partial charge >= 0.3 is 0 Å². The van der Waals surface area contributed by atoms with Crippen LogP contribution in [0.5, 0.6) is 0 Å². The molecule has 0 fully saturated rings. The lowest BCUT2D eigenvalue weighted by atomic mass is 10.0. The van der Waals surface area contributed by atoms with Crippen molar-refractivity contribution < 1.29 is 9.32 Å². The van der Waals surface area contributed by atoms with Crippen LogP contribution >= 0.6 is 11.6 Å². The third-order valence-corrected chi connectivity index (χ3v) is 3.88. The van der Waals surface area contributed by atoms with Crippen LogP contribution in [0, 0.1) is 6.92 Å². The van der Waals surface area contributed by atoms with Crippen molar-refractivity contribution in [2.75, 3.05) is 0 Å². The van der Waals surface area contributed by atoms with Crippen molar-refractivity contribution in [2.24, 2.45) is 0 Å². The maximum atomic E-state index is 13.0. The molecule has 0 aliphatic heterocycles. The standard InChI is InChI=1S/C17H21ClN2O2/c1-10(2)20(11(3)4)17(21)15-12(5)22-19-16(15)13-8-6-7-9-14(13)18/h6-11H,1-5H3. The van der Waals surface area contributed by atoms with Gasteiger partial charge in [0.1, 0.15) is 17.0 Å². The Kier molecular flexibility index (Phi) is 4.91. The summed E-state index contributed by atoms with van der Waals surface area (Å²) in [4.78, 5) is 14.8. The van der Waals surface area contributed by atoms with Crippen LogP contribution in [0.3, 0.4) is 0 Å². The fourth-order valence-electron chi connectivity index (χ4n) is 2.66. The van der Waals surface area contributed by atoms with Crippen molar-refractivity contribution in [2.45, 2.75) is 46.7 Å². The van der Waals surface area contributed by atoms with Crippen LogP contribution in [-0.4, -0.2) is 28.0 Å². The number of aromatic nitrogens is 1. The van der Waals surface area contributed by atoms with Gasteiger partial charge in [-0.25, -0.2) is 0 Å². The Labute approximate surface area is 136 Å². The molecule has 0 radical (unpaired) electrons. The predicted molar refractivity (Wildman–Crippen MR) is 88.1 cm³/mol. The molecule has 0 bridgehead atoms. The van der Waals surface area contributed by atoms with E-state index in [4.69, 9.17) is 16.1 Å². The number of nitrogens with zero attached hydrogens (tertiary/aromatic N) is 2. The lowest BCUT2D eigenvalue weighted by Crippen LogP contribution is -2.42. The van der Waals surface area contributed by atoms with E-state index in [0.29, 0.717) is 27.6 Å². The number of hydrogen-bond donors (Lipinski definition) is 0. The third kappa shape index (κ3) is 3.02. The van der Waals surface area contributed by atoms with Gasteiger partial charge in [0.25, 0.3) is 5.91 Å². The molecule has 118 valence electrons. The topological polar surface area (TPSA) is 46.3 Å². The Morgan fingerprint density at radius 1 is 1.18 bits per heavy atom. The Balaban J connectivity index is 2.55. The number of halogens is 1. The molecule has 1 aromatic carbocycles. The zero-order chi connectivity index (χ0) is 16.4. The molecule has 0 aliphatic rings. The Hall–Kier alpha value is -1.81. The first kappa shape index (κ1) is 16.6. The summed E-state index contributed by atoms with van der Waals surface area (Å²) in [7, 11) is 0. The number of amides is 1. The average Bonchev–Trinajstić information content (AvgIpc) is 2.80. The average molecular weight is 321 g/mol. The quantitative estimate of drug-likeness (QED) is 0.829. The summed E-state index contributed by atoms with van der Waals surface area (Å²) in [6, 6.07) is 7.49. The van der Waals surface area contributed by atoms with E-state index in [1.54, 1.807) is 13.0 Å². The van der Waals surface area contributed by atoms with Crippen LogP contribution in [0.2, 0.25) is 5.02 Å². The summed E-state index contributed by atoms with van der Waals surface area (Å²) in [5.41, 5.74) is 1.69. The Bertz CT molecular complexity index is 669. The van der Waals surface area contributed by atoms with E-state index in [9.17, 15) is 4.79 Å². The van der Waals surface area contributed by atoms with Crippen molar-refractivity contribution in [3.8, 4) is 11.3 Å². The highest BCUT2D eigenvalue weighted by Gasteiger charge is 2.29. The normalized spacial score (nSPS) is 11.3. The predicted octanol–water partition coefficient (Wildman–Crippen LogP) is 4.56. The number of rotatable bonds is 4. The van der Waals surface area contributed by atoms with Crippen molar-refractivity contribution in [3.63, 3.8) is 0 Å². The summed E-state index contributed by atoms with van der Waals surface area (Å²) in [5, 5.41) is 4.61. The van der Waals surface area contributed by atoms with Gasteiger partial charge in [-0.1, -0.05) is 35.0 Å².